The molecule has 1 aliphatic rings. The van der Waals surface area contributed by atoms with Crippen molar-refractivity contribution in [1.29, 1.82) is 0 Å². The van der Waals surface area contributed by atoms with E-state index < -0.39 is 17.7 Å². The summed E-state index contributed by atoms with van der Waals surface area (Å²) < 4.78 is 6.18. The molecule has 2 N–H and O–H groups in total. The van der Waals surface area contributed by atoms with Crippen LogP contribution in [-0.2, 0) is 9.53 Å². The lowest BCUT2D eigenvalue weighted by atomic mass is 9.87. The SMILES string of the molecule is C/C(=C\C(C)CC(C)C(=O)O)[C@]1(C)CC[C@@](C)([C@H](C)O)O1. The number of carboxylic acids is 1. The van der Waals surface area contributed by atoms with E-state index in [1.165, 1.54) is 0 Å². The topological polar surface area (TPSA) is 66.8 Å². The molecule has 4 nitrogen and oxygen atoms in total. The first kappa shape index (κ1) is 18.2. The van der Waals surface area contributed by atoms with Gasteiger partial charge in [0.15, 0.2) is 0 Å². The van der Waals surface area contributed by atoms with Crippen LogP contribution < -0.4 is 0 Å². The molecule has 0 bridgehead atoms. The second-order valence-electron chi connectivity index (χ2n) is 7.12. The van der Waals surface area contributed by atoms with Crippen molar-refractivity contribution >= 4 is 5.97 Å². The van der Waals surface area contributed by atoms with Gasteiger partial charge >= 0.3 is 5.97 Å². The molecule has 5 atom stereocenters. The summed E-state index contributed by atoms with van der Waals surface area (Å²) in [4.78, 5) is 10.9. The van der Waals surface area contributed by atoms with Crippen molar-refractivity contribution in [3.05, 3.63) is 11.6 Å². The molecule has 0 spiro atoms. The van der Waals surface area contributed by atoms with Crippen molar-refractivity contribution in [2.24, 2.45) is 11.8 Å². The third kappa shape index (κ3) is 4.30. The first-order valence-electron chi connectivity index (χ1n) is 7.80. The monoisotopic (exact) mass is 298 g/mol. The number of hydrogen-bond donors (Lipinski definition) is 2. The minimum atomic E-state index is -0.752. The molecule has 0 radical (unpaired) electrons. The second-order valence-corrected chi connectivity index (χ2v) is 7.12. The summed E-state index contributed by atoms with van der Waals surface area (Å²) in [5.41, 5.74) is 0.255. The van der Waals surface area contributed by atoms with E-state index in [0.29, 0.717) is 6.42 Å². The Morgan fingerprint density at radius 3 is 2.29 bits per heavy atom. The van der Waals surface area contributed by atoms with E-state index in [1.807, 2.05) is 20.8 Å². The Bertz CT molecular complexity index is 415. The molecule has 0 aliphatic carbocycles. The molecule has 1 rings (SSSR count). The van der Waals surface area contributed by atoms with E-state index in [4.69, 9.17) is 9.84 Å². The molecule has 4 heteroatoms. The minimum Gasteiger partial charge on any atom is -0.481 e. The minimum absolute atomic E-state index is 0.190. The fourth-order valence-electron chi connectivity index (χ4n) is 3.00. The summed E-state index contributed by atoms with van der Waals surface area (Å²) in [6.45, 7) is 11.6. The average Bonchev–Trinajstić information content (AvgIpc) is 2.68. The molecule has 0 saturated carbocycles. The summed E-state index contributed by atoms with van der Waals surface area (Å²) >= 11 is 0. The Morgan fingerprint density at radius 2 is 1.86 bits per heavy atom. The zero-order valence-electron chi connectivity index (χ0n) is 14.1. The number of rotatable bonds is 6. The number of hydrogen-bond acceptors (Lipinski definition) is 3. The maximum absolute atomic E-state index is 10.9. The van der Waals surface area contributed by atoms with Crippen molar-refractivity contribution in [2.45, 2.75) is 78.1 Å². The number of aliphatic carboxylic acids is 1. The summed E-state index contributed by atoms with van der Waals surface area (Å²) in [6, 6.07) is 0. The Labute approximate surface area is 128 Å². The molecule has 21 heavy (non-hydrogen) atoms. The van der Waals surface area contributed by atoms with Crippen molar-refractivity contribution in [3.8, 4) is 0 Å². The van der Waals surface area contributed by atoms with E-state index in [1.54, 1.807) is 13.8 Å². The van der Waals surface area contributed by atoms with Gasteiger partial charge < -0.3 is 14.9 Å². The number of carboxylic acid groups (broad SMARTS) is 1. The molecular weight excluding hydrogens is 268 g/mol. The van der Waals surface area contributed by atoms with E-state index in [2.05, 4.69) is 13.0 Å². The Balaban J connectivity index is 2.76. The third-order valence-corrected chi connectivity index (χ3v) is 4.96. The van der Waals surface area contributed by atoms with Gasteiger partial charge in [0, 0.05) is 0 Å². The highest BCUT2D eigenvalue weighted by molar-refractivity contribution is 5.69. The van der Waals surface area contributed by atoms with Crippen LogP contribution in [0, 0.1) is 11.8 Å². The van der Waals surface area contributed by atoms with Gasteiger partial charge in [-0.05, 0) is 58.4 Å². The number of aliphatic hydroxyl groups is 1. The lowest BCUT2D eigenvalue weighted by Gasteiger charge is -2.33. The van der Waals surface area contributed by atoms with Crippen LogP contribution in [0.2, 0.25) is 0 Å². The zero-order chi connectivity index (χ0) is 16.4. The first-order valence-corrected chi connectivity index (χ1v) is 7.80. The molecular formula is C17H30O4. The van der Waals surface area contributed by atoms with Crippen LogP contribution in [0.3, 0.4) is 0 Å². The lowest BCUT2D eigenvalue weighted by molar-refractivity contribution is -0.141. The highest BCUT2D eigenvalue weighted by Gasteiger charge is 2.47. The summed E-state index contributed by atoms with van der Waals surface area (Å²) in [5, 5.41) is 18.9. The molecule has 1 aliphatic heterocycles. The normalized spacial score (nSPS) is 34.5. The van der Waals surface area contributed by atoms with Crippen LogP contribution >= 0.6 is 0 Å². The van der Waals surface area contributed by atoms with Crippen LogP contribution in [0.25, 0.3) is 0 Å². The number of ether oxygens (including phenoxy) is 1. The smallest absolute Gasteiger partial charge is 0.306 e. The van der Waals surface area contributed by atoms with Gasteiger partial charge in [0.25, 0.3) is 0 Å². The van der Waals surface area contributed by atoms with Gasteiger partial charge in [-0.1, -0.05) is 19.9 Å². The van der Waals surface area contributed by atoms with Gasteiger partial charge in [-0.15, -0.1) is 0 Å². The maximum atomic E-state index is 10.9. The molecule has 1 saturated heterocycles. The van der Waals surface area contributed by atoms with Crippen LogP contribution in [0.15, 0.2) is 11.6 Å². The first-order chi connectivity index (χ1) is 9.50. The summed E-state index contributed by atoms with van der Waals surface area (Å²) in [5.74, 6) is -0.906. The fraction of sp³-hybridized carbons (Fsp3) is 0.824. The van der Waals surface area contributed by atoms with Crippen molar-refractivity contribution in [2.75, 3.05) is 0 Å². The molecule has 122 valence electrons. The standard InChI is InChI=1S/C17H30O4/c1-11(9-12(2)15(19)20)10-13(3)16(5)7-8-17(6,21-16)14(4)18/h10-12,14,18H,7-9H2,1-6H3,(H,19,20)/b13-10+/t11?,12?,14-,16-,17-/m0/s1. The molecule has 0 aromatic rings. The lowest BCUT2D eigenvalue weighted by Crippen LogP contribution is -2.40. The summed E-state index contributed by atoms with van der Waals surface area (Å²) in [6.07, 6.45) is 3.94. The maximum Gasteiger partial charge on any atom is 0.306 e. The van der Waals surface area contributed by atoms with Gasteiger partial charge in [0.1, 0.15) is 0 Å². The van der Waals surface area contributed by atoms with Gasteiger partial charge in [-0.3, -0.25) is 4.79 Å². The van der Waals surface area contributed by atoms with Crippen molar-refractivity contribution < 1.29 is 19.7 Å². The van der Waals surface area contributed by atoms with E-state index in [9.17, 15) is 9.90 Å². The van der Waals surface area contributed by atoms with Crippen LogP contribution in [0.1, 0.15) is 60.8 Å². The Hall–Kier alpha value is -0.870. The van der Waals surface area contributed by atoms with E-state index in [0.717, 1.165) is 18.4 Å². The van der Waals surface area contributed by atoms with Crippen LogP contribution in [0.5, 0.6) is 0 Å². The van der Waals surface area contributed by atoms with Gasteiger partial charge in [-0.25, -0.2) is 0 Å². The quantitative estimate of drug-likeness (QED) is 0.738. The molecule has 1 heterocycles. The number of carbonyl (C=O) groups is 1. The number of allylic oxidation sites excluding steroid dienone is 1. The zero-order valence-corrected chi connectivity index (χ0v) is 14.1. The average molecular weight is 298 g/mol. The third-order valence-electron chi connectivity index (χ3n) is 4.96. The molecule has 1 fully saturated rings. The van der Waals surface area contributed by atoms with Crippen LogP contribution in [-0.4, -0.2) is 33.5 Å². The van der Waals surface area contributed by atoms with Gasteiger partial charge in [0.05, 0.1) is 23.2 Å². The Morgan fingerprint density at radius 1 is 1.29 bits per heavy atom. The van der Waals surface area contributed by atoms with Crippen LogP contribution in [0.4, 0.5) is 0 Å². The highest BCUT2D eigenvalue weighted by atomic mass is 16.5. The fourth-order valence-corrected chi connectivity index (χ4v) is 3.00. The summed E-state index contributed by atoms with van der Waals surface area (Å²) in [7, 11) is 0. The largest absolute Gasteiger partial charge is 0.481 e. The van der Waals surface area contributed by atoms with Gasteiger partial charge in [-0.2, -0.15) is 0 Å². The molecule has 0 aromatic heterocycles. The predicted octanol–water partition coefficient (Wildman–Crippen LogP) is 3.39. The number of aliphatic hydroxyl groups excluding tert-OH is 1. The van der Waals surface area contributed by atoms with E-state index >= 15 is 0 Å². The van der Waals surface area contributed by atoms with Crippen molar-refractivity contribution in [1.82, 2.24) is 0 Å². The molecule has 2 unspecified atom stereocenters. The van der Waals surface area contributed by atoms with E-state index in [-0.39, 0.29) is 17.4 Å². The Kier molecular flexibility index (Phi) is 5.62. The van der Waals surface area contributed by atoms with Gasteiger partial charge in [0.2, 0.25) is 0 Å². The molecule has 0 aromatic carbocycles. The molecule has 0 amide bonds. The second kappa shape index (κ2) is 6.49. The predicted molar refractivity (Wildman–Crippen MR) is 83.1 cm³/mol. The highest BCUT2D eigenvalue weighted by Crippen LogP contribution is 2.43. The van der Waals surface area contributed by atoms with Crippen molar-refractivity contribution in [3.63, 3.8) is 0 Å².